The van der Waals surface area contributed by atoms with Crippen molar-refractivity contribution < 1.29 is 13.5 Å². The van der Waals surface area contributed by atoms with E-state index in [1.54, 1.807) is 0 Å². The average molecular weight is 176 g/mol. The summed E-state index contributed by atoms with van der Waals surface area (Å²) in [5.74, 6) is 4.68. The van der Waals surface area contributed by atoms with E-state index in [0.29, 0.717) is 13.5 Å². The third-order valence-electron chi connectivity index (χ3n) is 1.78. The van der Waals surface area contributed by atoms with Crippen molar-refractivity contribution in [3.05, 3.63) is 0 Å². The maximum atomic E-state index is 2.34. The number of rotatable bonds is 0. The Morgan fingerprint density at radius 2 is 1.56 bits per heavy atom. The predicted molar refractivity (Wildman–Crippen MR) is 39.8 cm³/mol. The van der Waals surface area contributed by atoms with Gasteiger partial charge in [-0.15, -0.1) is 0 Å². The minimum absolute atomic E-state index is 0.674. The Balaban J connectivity index is 2.49. The summed E-state index contributed by atoms with van der Waals surface area (Å²) in [6, 6.07) is 0. The molecular formula is C8H16Cu. The van der Waals surface area contributed by atoms with E-state index in [0.717, 1.165) is 0 Å². The molecule has 0 nitrogen and oxygen atoms in total. The molecule has 0 radical (unpaired) electrons. The van der Waals surface area contributed by atoms with E-state index in [1.165, 1.54) is 32.1 Å². The molecule has 1 saturated carbocycles. The van der Waals surface area contributed by atoms with Gasteiger partial charge in [0.25, 0.3) is 0 Å². The van der Waals surface area contributed by atoms with Crippen LogP contribution in [0.3, 0.4) is 0 Å². The first-order valence-electron chi connectivity index (χ1n) is 3.46. The van der Waals surface area contributed by atoms with Crippen molar-refractivity contribution in [1.29, 1.82) is 0 Å². The Kier molecular flexibility index (Phi) is 2.94. The third kappa shape index (κ3) is 2.23. The Morgan fingerprint density at radius 3 is 1.89 bits per heavy atom. The summed E-state index contributed by atoms with van der Waals surface area (Å²) in [5.41, 5.74) is 0. The van der Waals surface area contributed by atoms with Crippen molar-refractivity contribution in [3.8, 4) is 0 Å². The Morgan fingerprint density at radius 1 is 1.00 bits per heavy atom. The van der Waals surface area contributed by atoms with Gasteiger partial charge in [-0.2, -0.15) is 0 Å². The monoisotopic (exact) mass is 175 g/mol. The second kappa shape index (κ2) is 3.53. The third-order valence-corrected chi connectivity index (χ3v) is 3.59. The van der Waals surface area contributed by atoms with E-state index in [4.69, 9.17) is 0 Å². The molecule has 0 amide bonds. The van der Waals surface area contributed by atoms with Crippen LogP contribution in [0.25, 0.3) is 0 Å². The molecule has 1 heteroatoms. The molecule has 59 valence electrons. The Hall–Kier alpha value is 0.389. The van der Waals surface area contributed by atoms with Crippen LogP contribution in [-0.2, 0) is 13.5 Å². The maximum absolute atomic E-state index is 2.34. The van der Waals surface area contributed by atoms with E-state index in [-0.39, 0.29) is 0 Å². The quantitative estimate of drug-likeness (QED) is 0.497. The van der Waals surface area contributed by atoms with Crippen molar-refractivity contribution in [2.45, 2.75) is 43.7 Å². The molecule has 1 rings (SSSR count). The molecule has 0 aliphatic heterocycles. The zero-order chi connectivity index (χ0) is 6.69. The molecular weight excluding hydrogens is 160 g/mol. The fraction of sp³-hybridized carbons (Fsp3) is 0.875. The molecule has 1 aliphatic rings. The first-order chi connectivity index (χ1) is 4.30. The average Bonchev–Trinajstić information content (AvgIpc) is 1.90. The van der Waals surface area contributed by atoms with Crippen molar-refractivity contribution in [2.75, 3.05) is 0 Å². The van der Waals surface area contributed by atoms with Gasteiger partial charge in [-0.3, -0.25) is 0 Å². The van der Waals surface area contributed by atoms with Gasteiger partial charge >= 0.3 is 61.6 Å². The molecule has 0 aromatic heterocycles. The molecule has 0 bridgehead atoms. The molecule has 0 N–H and O–H groups in total. The molecule has 1 aliphatic carbocycles. The molecule has 0 heterocycles. The van der Waals surface area contributed by atoms with Gasteiger partial charge in [0.1, 0.15) is 0 Å². The van der Waals surface area contributed by atoms with Crippen molar-refractivity contribution in [1.82, 2.24) is 0 Å². The van der Waals surface area contributed by atoms with Crippen LogP contribution in [0, 0.1) is 0 Å². The van der Waals surface area contributed by atoms with E-state index in [1.807, 2.05) is 4.42 Å². The summed E-state index contributed by atoms with van der Waals surface area (Å²) in [6.07, 6.45) is 7.23. The summed E-state index contributed by atoms with van der Waals surface area (Å²) < 4.78 is 1.83. The second-order valence-electron chi connectivity index (χ2n) is 2.63. The van der Waals surface area contributed by atoms with Crippen LogP contribution in [0.2, 0.25) is 11.6 Å². The standard InChI is InChI=1S/C6H10.2CH3.Cu/c1-2-4-6-5-3-1;;;/h1-5H2;2*1H3;. The van der Waals surface area contributed by atoms with E-state index < -0.39 is 0 Å². The summed E-state index contributed by atoms with van der Waals surface area (Å²) in [4.78, 5) is 0. The van der Waals surface area contributed by atoms with E-state index >= 15 is 0 Å². The van der Waals surface area contributed by atoms with Crippen molar-refractivity contribution >= 4 is 4.42 Å². The Bertz CT molecular complexity index is 113. The molecule has 0 unspecified atom stereocenters. The van der Waals surface area contributed by atoms with Crippen LogP contribution in [0.15, 0.2) is 0 Å². The summed E-state index contributed by atoms with van der Waals surface area (Å²) in [7, 11) is 0. The SMILES string of the molecule is [CH3][Cu]([CH3])=[C]1CCCCC1. The normalized spacial score (nSPS) is 22.0. The van der Waals surface area contributed by atoms with Gasteiger partial charge < -0.3 is 0 Å². The topological polar surface area (TPSA) is 0 Å². The van der Waals surface area contributed by atoms with Crippen LogP contribution in [0.4, 0.5) is 0 Å². The first kappa shape index (κ1) is 7.50. The van der Waals surface area contributed by atoms with Crippen LogP contribution in [-0.4, -0.2) is 4.42 Å². The predicted octanol–water partition coefficient (Wildman–Crippen LogP) is 2.84. The van der Waals surface area contributed by atoms with Crippen LogP contribution >= 0.6 is 0 Å². The Labute approximate surface area is 62.1 Å². The van der Waals surface area contributed by atoms with Gasteiger partial charge in [-0.25, -0.2) is 0 Å². The second-order valence-corrected chi connectivity index (χ2v) is 5.18. The zero-order valence-corrected chi connectivity index (χ0v) is 7.28. The molecule has 0 atom stereocenters. The van der Waals surface area contributed by atoms with Gasteiger partial charge in [0.05, 0.1) is 0 Å². The number of hydrogen-bond donors (Lipinski definition) is 0. The van der Waals surface area contributed by atoms with Gasteiger partial charge in [0, 0.05) is 0 Å². The van der Waals surface area contributed by atoms with E-state index in [9.17, 15) is 0 Å². The molecule has 9 heavy (non-hydrogen) atoms. The van der Waals surface area contributed by atoms with Gasteiger partial charge in [0.15, 0.2) is 0 Å². The van der Waals surface area contributed by atoms with Gasteiger partial charge in [-0.1, -0.05) is 0 Å². The molecule has 0 spiro atoms. The first-order valence-corrected chi connectivity index (χ1v) is 5.82. The minimum atomic E-state index is 0.674. The molecule has 0 aromatic carbocycles. The van der Waals surface area contributed by atoms with Gasteiger partial charge in [0.2, 0.25) is 0 Å². The fourth-order valence-electron chi connectivity index (χ4n) is 1.21. The van der Waals surface area contributed by atoms with Crippen LogP contribution in [0.5, 0.6) is 0 Å². The summed E-state index contributed by atoms with van der Waals surface area (Å²) >= 11 is 0.674. The number of hydrogen-bond acceptors (Lipinski definition) is 0. The summed E-state index contributed by atoms with van der Waals surface area (Å²) in [5, 5.41) is 0. The van der Waals surface area contributed by atoms with Crippen molar-refractivity contribution in [2.24, 2.45) is 0 Å². The molecule has 0 saturated heterocycles. The molecule has 1 fully saturated rings. The summed E-state index contributed by atoms with van der Waals surface area (Å²) in [6.45, 7) is 0. The zero-order valence-electron chi connectivity index (χ0n) is 6.34. The fourth-order valence-corrected chi connectivity index (χ4v) is 2.48. The van der Waals surface area contributed by atoms with Crippen LogP contribution < -0.4 is 0 Å². The molecule has 0 aromatic rings. The van der Waals surface area contributed by atoms with Crippen molar-refractivity contribution in [3.63, 3.8) is 0 Å². The van der Waals surface area contributed by atoms with E-state index in [2.05, 4.69) is 11.6 Å². The van der Waals surface area contributed by atoms with Gasteiger partial charge in [-0.05, 0) is 0 Å². The van der Waals surface area contributed by atoms with Crippen LogP contribution in [0.1, 0.15) is 32.1 Å².